The van der Waals surface area contributed by atoms with Gasteiger partial charge in [0.2, 0.25) is 5.91 Å². The van der Waals surface area contributed by atoms with Crippen molar-refractivity contribution in [3.8, 4) is 0 Å². The molecule has 27 heavy (non-hydrogen) atoms. The predicted octanol–water partition coefficient (Wildman–Crippen LogP) is 3.55. The van der Waals surface area contributed by atoms with E-state index in [9.17, 15) is 27.6 Å². The molecule has 0 radical (unpaired) electrons. The third kappa shape index (κ3) is 3.47. The van der Waals surface area contributed by atoms with Crippen LogP contribution in [0.1, 0.15) is 38.2 Å². The van der Waals surface area contributed by atoms with Gasteiger partial charge in [0, 0.05) is 5.69 Å². The van der Waals surface area contributed by atoms with Crippen LogP contribution >= 0.6 is 11.6 Å². The van der Waals surface area contributed by atoms with E-state index in [4.69, 9.17) is 11.6 Å². The summed E-state index contributed by atoms with van der Waals surface area (Å²) in [6, 6.07) is 1.09. The van der Waals surface area contributed by atoms with E-state index < -0.39 is 46.2 Å². The van der Waals surface area contributed by atoms with Gasteiger partial charge in [0.1, 0.15) is 11.6 Å². The number of carbonyl (C=O) groups excluding carboxylic acids is 3. The highest BCUT2D eigenvalue weighted by Gasteiger charge is 2.54. The van der Waals surface area contributed by atoms with Gasteiger partial charge in [-0.25, -0.2) is 9.69 Å². The number of benzene rings is 1. The van der Waals surface area contributed by atoms with Crippen LogP contribution in [0, 0.1) is 0 Å². The molecule has 1 aromatic rings. The SMILES string of the molecule is CC(C(=O)Nc1ccc(Cl)c(C(F)(F)F)c1)N1C(=O)NC2(CCCC2)C1=O. The fraction of sp³-hybridized carbons (Fsp3) is 0.471. The maximum atomic E-state index is 12.9. The first kappa shape index (κ1) is 19.5. The van der Waals surface area contributed by atoms with Gasteiger partial charge in [-0.2, -0.15) is 13.2 Å². The monoisotopic (exact) mass is 403 g/mol. The summed E-state index contributed by atoms with van der Waals surface area (Å²) in [5, 5.41) is 4.47. The molecule has 1 saturated heterocycles. The molecule has 1 unspecified atom stereocenters. The number of hydrogen-bond donors (Lipinski definition) is 2. The Balaban J connectivity index is 1.77. The smallest absolute Gasteiger partial charge is 0.324 e. The van der Waals surface area contributed by atoms with E-state index in [1.807, 2.05) is 0 Å². The first-order valence-electron chi connectivity index (χ1n) is 8.38. The Morgan fingerprint density at radius 3 is 2.52 bits per heavy atom. The Morgan fingerprint density at radius 1 is 1.30 bits per heavy atom. The van der Waals surface area contributed by atoms with Crippen molar-refractivity contribution in [2.45, 2.75) is 50.4 Å². The number of urea groups is 1. The Labute approximate surface area is 158 Å². The molecule has 4 amide bonds. The largest absolute Gasteiger partial charge is 0.417 e. The van der Waals surface area contributed by atoms with E-state index >= 15 is 0 Å². The third-order valence-corrected chi connectivity index (χ3v) is 5.29. The number of rotatable bonds is 3. The first-order valence-corrected chi connectivity index (χ1v) is 8.76. The van der Waals surface area contributed by atoms with E-state index in [0.717, 1.165) is 23.8 Å². The molecule has 1 saturated carbocycles. The fourth-order valence-corrected chi connectivity index (χ4v) is 3.72. The van der Waals surface area contributed by atoms with Crippen LogP contribution in [0.2, 0.25) is 5.02 Å². The van der Waals surface area contributed by atoms with E-state index in [2.05, 4.69) is 10.6 Å². The number of imide groups is 1. The van der Waals surface area contributed by atoms with Crippen molar-refractivity contribution in [2.75, 3.05) is 5.32 Å². The molecule has 1 heterocycles. The molecule has 146 valence electrons. The lowest BCUT2D eigenvalue weighted by Gasteiger charge is -2.23. The molecule has 2 aliphatic rings. The summed E-state index contributed by atoms with van der Waals surface area (Å²) in [5.41, 5.74) is -2.18. The molecule has 3 rings (SSSR count). The van der Waals surface area contributed by atoms with Crippen molar-refractivity contribution >= 4 is 35.1 Å². The molecule has 0 aromatic heterocycles. The second kappa shape index (κ2) is 6.70. The average Bonchev–Trinajstić information content (AvgIpc) is 3.13. The molecule has 1 aromatic carbocycles. The normalized spacial score (nSPS) is 20.1. The first-order chi connectivity index (χ1) is 12.5. The summed E-state index contributed by atoms with van der Waals surface area (Å²) in [7, 11) is 0. The van der Waals surface area contributed by atoms with Crippen LogP contribution < -0.4 is 10.6 Å². The quantitative estimate of drug-likeness (QED) is 0.757. The van der Waals surface area contributed by atoms with Gasteiger partial charge in [-0.15, -0.1) is 0 Å². The number of amides is 4. The topological polar surface area (TPSA) is 78.5 Å². The lowest BCUT2D eigenvalue weighted by Crippen LogP contribution is -2.48. The van der Waals surface area contributed by atoms with Crippen molar-refractivity contribution in [3.05, 3.63) is 28.8 Å². The summed E-state index contributed by atoms with van der Waals surface area (Å²) in [6.45, 7) is 1.35. The number of carbonyl (C=O) groups is 3. The highest BCUT2D eigenvalue weighted by atomic mass is 35.5. The summed E-state index contributed by atoms with van der Waals surface area (Å²) in [5.74, 6) is -1.25. The van der Waals surface area contributed by atoms with E-state index in [-0.39, 0.29) is 5.69 Å². The number of alkyl halides is 3. The number of nitrogens with one attached hydrogen (secondary N) is 2. The van der Waals surface area contributed by atoms with Crippen molar-refractivity contribution in [3.63, 3.8) is 0 Å². The molecule has 1 spiro atoms. The molecule has 10 heteroatoms. The summed E-state index contributed by atoms with van der Waals surface area (Å²) >= 11 is 5.55. The van der Waals surface area contributed by atoms with Gasteiger partial charge in [0.05, 0.1) is 10.6 Å². The number of nitrogens with zero attached hydrogens (tertiary/aromatic N) is 1. The van der Waals surface area contributed by atoms with Crippen LogP contribution in [0.5, 0.6) is 0 Å². The zero-order valence-corrected chi connectivity index (χ0v) is 15.1. The Kier molecular flexibility index (Phi) is 4.83. The average molecular weight is 404 g/mol. The lowest BCUT2D eigenvalue weighted by atomic mass is 9.97. The Hall–Kier alpha value is -2.29. The Morgan fingerprint density at radius 2 is 1.93 bits per heavy atom. The maximum Gasteiger partial charge on any atom is 0.417 e. The highest BCUT2D eigenvalue weighted by Crippen LogP contribution is 2.37. The van der Waals surface area contributed by atoms with Crippen molar-refractivity contribution in [1.29, 1.82) is 0 Å². The molecule has 1 aliphatic carbocycles. The summed E-state index contributed by atoms with van der Waals surface area (Å²) in [4.78, 5) is 38.2. The maximum absolute atomic E-state index is 12.9. The minimum atomic E-state index is -4.68. The second-order valence-corrected chi connectivity index (χ2v) is 7.16. The predicted molar refractivity (Wildman–Crippen MR) is 91.1 cm³/mol. The van der Waals surface area contributed by atoms with E-state index in [0.29, 0.717) is 18.9 Å². The van der Waals surface area contributed by atoms with Gasteiger partial charge in [0.25, 0.3) is 5.91 Å². The number of halogens is 4. The molecule has 2 N–H and O–H groups in total. The van der Waals surface area contributed by atoms with E-state index in [1.165, 1.54) is 13.0 Å². The highest BCUT2D eigenvalue weighted by molar-refractivity contribution is 6.31. The van der Waals surface area contributed by atoms with Crippen molar-refractivity contribution in [1.82, 2.24) is 10.2 Å². The lowest BCUT2D eigenvalue weighted by molar-refractivity contribution is -0.137. The fourth-order valence-electron chi connectivity index (χ4n) is 3.49. The molecule has 6 nitrogen and oxygen atoms in total. The molecule has 0 bridgehead atoms. The third-order valence-electron chi connectivity index (χ3n) is 4.96. The molecule has 1 aliphatic heterocycles. The van der Waals surface area contributed by atoms with Gasteiger partial charge in [-0.05, 0) is 38.0 Å². The zero-order chi connectivity index (χ0) is 20.0. The second-order valence-electron chi connectivity index (χ2n) is 6.75. The van der Waals surface area contributed by atoms with Gasteiger partial charge < -0.3 is 10.6 Å². The minimum Gasteiger partial charge on any atom is -0.324 e. The molecule has 1 atom stereocenters. The van der Waals surface area contributed by atoms with Crippen LogP contribution in [-0.2, 0) is 15.8 Å². The minimum absolute atomic E-state index is 0.133. The summed E-state index contributed by atoms with van der Waals surface area (Å²) < 4.78 is 38.8. The van der Waals surface area contributed by atoms with E-state index in [1.54, 1.807) is 0 Å². The van der Waals surface area contributed by atoms with Gasteiger partial charge >= 0.3 is 12.2 Å². The number of hydrogen-bond acceptors (Lipinski definition) is 3. The van der Waals surface area contributed by atoms with Crippen LogP contribution in [0.3, 0.4) is 0 Å². The molecular weight excluding hydrogens is 387 g/mol. The van der Waals surface area contributed by atoms with Crippen LogP contribution in [0.4, 0.5) is 23.7 Å². The zero-order valence-electron chi connectivity index (χ0n) is 14.3. The molecule has 2 fully saturated rings. The van der Waals surface area contributed by atoms with Gasteiger partial charge in [-0.3, -0.25) is 9.59 Å². The van der Waals surface area contributed by atoms with Gasteiger partial charge in [-0.1, -0.05) is 24.4 Å². The number of anilines is 1. The Bertz CT molecular complexity index is 806. The summed E-state index contributed by atoms with van der Waals surface area (Å²) in [6.07, 6.45) is -2.07. The van der Waals surface area contributed by atoms with Crippen LogP contribution in [0.25, 0.3) is 0 Å². The van der Waals surface area contributed by atoms with Crippen LogP contribution in [-0.4, -0.2) is 34.3 Å². The van der Waals surface area contributed by atoms with Gasteiger partial charge in [0.15, 0.2) is 0 Å². The van der Waals surface area contributed by atoms with Crippen LogP contribution in [0.15, 0.2) is 18.2 Å². The molecular formula is C17H17ClF3N3O3. The standard InChI is InChI=1S/C17H17ClF3N3O3/c1-9(24-14(26)16(23-15(24)27)6-2-3-7-16)13(25)22-10-4-5-12(18)11(8-10)17(19,20)21/h4-5,8-9H,2-3,6-7H2,1H3,(H,22,25)(H,23,27). The van der Waals surface area contributed by atoms with Crippen molar-refractivity contribution < 1.29 is 27.6 Å². The van der Waals surface area contributed by atoms with Crippen molar-refractivity contribution in [2.24, 2.45) is 0 Å².